The lowest BCUT2D eigenvalue weighted by molar-refractivity contribution is 0.102. The number of halogens is 1. The number of nitrogens with one attached hydrogen (secondary N) is 1. The molecule has 7 heteroatoms. The Morgan fingerprint density at radius 2 is 1.66 bits per heavy atom. The van der Waals surface area contributed by atoms with Gasteiger partial charge in [0.05, 0.1) is 0 Å². The minimum atomic E-state index is -0.251. The van der Waals surface area contributed by atoms with E-state index in [4.69, 9.17) is 16.3 Å². The Balaban J connectivity index is 1.37. The Labute approximate surface area is 177 Å². The Bertz CT molecular complexity index is 1110. The molecule has 0 aliphatic rings. The van der Waals surface area contributed by atoms with E-state index >= 15 is 0 Å². The fourth-order valence-electron chi connectivity index (χ4n) is 2.62. The van der Waals surface area contributed by atoms with Crippen LogP contribution in [0, 0.1) is 0 Å². The van der Waals surface area contributed by atoms with Gasteiger partial charge in [-0.15, -0.1) is 10.2 Å². The minimum absolute atomic E-state index is 0.251. The van der Waals surface area contributed by atoms with Crippen molar-refractivity contribution >= 4 is 34.0 Å². The molecular formula is C22H16ClN3O2S. The van der Waals surface area contributed by atoms with Crippen molar-refractivity contribution in [1.82, 2.24) is 10.2 Å². The predicted octanol–water partition coefficient (Wildman–Crippen LogP) is 5.69. The van der Waals surface area contributed by atoms with Crippen LogP contribution >= 0.6 is 22.9 Å². The molecule has 0 saturated carbocycles. The number of aromatic nitrogens is 2. The number of ether oxygens (including phenoxy) is 1. The zero-order valence-corrected chi connectivity index (χ0v) is 16.8. The molecule has 1 N–H and O–H groups in total. The van der Waals surface area contributed by atoms with Gasteiger partial charge in [0.25, 0.3) is 5.91 Å². The molecule has 0 aliphatic heterocycles. The van der Waals surface area contributed by atoms with Gasteiger partial charge in [-0.1, -0.05) is 71.5 Å². The number of carbonyl (C=O) groups excluding carboxylic acids is 1. The number of hydrogen-bond donors (Lipinski definition) is 1. The average molecular weight is 422 g/mol. The summed E-state index contributed by atoms with van der Waals surface area (Å²) in [4.78, 5) is 12.5. The molecule has 3 aromatic carbocycles. The fourth-order valence-corrected chi connectivity index (χ4v) is 3.55. The summed E-state index contributed by atoms with van der Waals surface area (Å²) in [5, 5.41) is 12.8. The number of benzene rings is 3. The summed E-state index contributed by atoms with van der Waals surface area (Å²) in [6, 6.07) is 24.1. The number of carbonyl (C=O) groups is 1. The third kappa shape index (κ3) is 4.80. The summed E-state index contributed by atoms with van der Waals surface area (Å²) in [6.45, 7) is 0.359. The monoisotopic (exact) mass is 421 g/mol. The predicted molar refractivity (Wildman–Crippen MR) is 116 cm³/mol. The van der Waals surface area contributed by atoms with Gasteiger partial charge in [-0.05, 0) is 30.3 Å². The zero-order valence-electron chi connectivity index (χ0n) is 15.2. The van der Waals surface area contributed by atoms with E-state index in [1.165, 1.54) is 11.3 Å². The van der Waals surface area contributed by atoms with Crippen LogP contribution in [0.25, 0.3) is 10.6 Å². The zero-order chi connectivity index (χ0) is 20.1. The second-order valence-corrected chi connectivity index (χ2v) is 7.52. The topological polar surface area (TPSA) is 64.1 Å². The molecule has 4 aromatic rings. The highest BCUT2D eigenvalue weighted by Gasteiger charge is 2.11. The van der Waals surface area contributed by atoms with E-state index in [0.717, 1.165) is 16.1 Å². The Hall–Kier alpha value is -3.22. The van der Waals surface area contributed by atoms with Crippen molar-refractivity contribution in [3.05, 3.63) is 95.0 Å². The maximum absolute atomic E-state index is 12.5. The highest BCUT2D eigenvalue weighted by Crippen LogP contribution is 2.26. The molecule has 0 aliphatic carbocycles. The summed E-state index contributed by atoms with van der Waals surface area (Å²) >= 11 is 7.46. The summed E-state index contributed by atoms with van der Waals surface area (Å²) in [7, 11) is 0. The standard InChI is InChI=1S/C22H16ClN3O2S/c23-19-9-5-4-8-17(19)14-28-18-12-10-15(11-13-18)20(27)24-22-26-25-21(29-22)16-6-2-1-3-7-16/h1-13H,14H2,(H,24,26,27). The van der Waals surface area contributed by atoms with Crippen molar-refractivity contribution in [1.29, 1.82) is 0 Å². The van der Waals surface area contributed by atoms with Gasteiger partial charge in [-0.2, -0.15) is 0 Å². The highest BCUT2D eigenvalue weighted by molar-refractivity contribution is 7.18. The van der Waals surface area contributed by atoms with Gasteiger partial charge in [0.2, 0.25) is 5.13 Å². The van der Waals surface area contributed by atoms with E-state index in [1.807, 2.05) is 54.6 Å². The van der Waals surface area contributed by atoms with Crippen molar-refractivity contribution < 1.29 is 9.53 Å². The van der Waals surface area contributed by atoms with Gasteiger partial charge in [0.15, 0.2) is 0 Å². The largest absolute Gasteiger partial charge is 0.489 e. The van der Waals surface area contributed by atoms with Gasteiger partial charge < -0.3 is 4.74 Å². The van der Waals surface area contributed by atoms with Crippen molar-refractivity contribution in [2.45, 2.75) is 6.61 Å². The normalized spacial score (nSPS) is 10.5. The molecule has 0 atom stereocenters. The lowest BCUT2D eigenvalue weighted by Crippen LogP contribution is -2.11. The third-order valence-electron chi connectivity index (χ3n) is 4.13. The minimum Gasteiger partial charge on any atom is -0.489 e. The Morgan fingerprint density at radius 1 is 0.931 bits per heavy atom. The van der Waals surface area contributed by atoms with Crippen molar-refractivity contribution in [2.75, 3.05) is 5.32 Å². The van der Waals surface area contributed by atoms with Crippen molar-refractivity contribution in [2.24, 2.45) is 0 Å². The molecule has 0 fully saturated rings. The second-order valence-electron chi connectivity index (χ2n) is 6.14. The second kappa shape index (κ2) is 8.86. The van der Waals surface area contributed by atoms with Gasteiger partial charge in [-0.3, -0.25) is 10.1 Å². The molecular weight excluding hydrogens is 406 g/mol. The smallest absolute Gasteiger partial charge is 0.257 e. The highest BCUT2D eigenvalue weighted by atomic mass is 35.5. The number of rotatable bonds is 6. The van der Waals surface area contributed by atoms with Crippen molar-refractivity contribution in [3.8, 4) is 16.3 Å². The SMILES string of the molecule is O=C(Nc1nnc(-c2ccccc2)s1)c1ccc(OCc2ccccc2Cl)cc1. The van der Waals surface area contributed by atoms with E-state index in [2.05, 4.69) is 15.5 Å². The molecule has 144 valence electrons. The van der Waals surface area contributed by atoms with Gasteiger partial charge in [-0.25, -0.2) is 0 Å². The maximum atomic E-state index is 12.5. The first kappa shape index (κ1) is 19.1. The van der Waals surface area contributed by atoms with E-state index in [9.17, 15) is 4.79 Å². The summed E-state index contributed by atoms with van der Waals surface area (Å²) in [6.07, 6.45) is 0. The first-order valence-corrected chi connectivity index (χ1v) is 10.0. The van der Waals surface area contributed by atoms with Crippen LogP contribution in [0.1, 0.15) is 15.9 Å². The quantitative estimate of drug-likeness (QED) is 0.434. The molecule has 0 spiro atoms. The maximum Gasteiger partial charge on any atom is 0.257 e. The van der Waals surface area contributed by atoms with Crippen LogP contribution in [0.2, 0.25) is 5.02 Å². The van der Waals surface area contributed by atoms with E-state index < -0.39 is 0 Å². The summed E-state index contributed by atoms with van der Waals surface area (Å²) in [5.74, 6) is 0.405. The van der Waals surface area contributed by atoms with Gasteiger partial charge >= 0.3 is 0 Å². The average Bonchev–Trinajstić information content (AvgIpc) is 3.23. The molecule has 1 heterocycles. The van der Waals surface area contributed by atoms with Crippen LogP contribution in [0.15, 0.2) is 78.9 Å². The molecule has 0 unspecified atom stereocenters. The molecule has 0 saturated heterocycles. The van der Waals surface area contributed by atoms with Gasteiger partial charge in [0, 0.05) is 21.7 Å². The van der Waals surface area contributed by atoms with Crippen LogP contribution in [0.4, 0.5) is 5.13 Å². The molecule has 0 radical (unpaired) electrons. The molecule has 4 rings (SSSR count). The molecule has 1 aromatic heterocycles. The van der Waals surface area contributed by atoms with E-state index in [0.29, 0.717) is 28.1 Å². The molecule has 5 nitrogen and oxygen atoms in total. The van der Waals surface area contributed by atoms with Crippen LogP contribution < -0.4 is 10.1 Å². The number of nitrogens with zero attached hydrogens (tertiary/aromatic N) is 2. The number of anilines is 1. The lowest BCUT2D eigenvalue weighted by Gasteiger charge is -2.08. The molecule has 0 bridgehead atoms. The lowest BCUT2D eigenvalue weighted by atomic mass is 10.2. The third-order valence-corrected chi connectivity index (χ3v) is 5.39. The summed E-state index contributed by atoms with van der Waals surface area (Å²) in [5.41, 5.74) is 2.37. The Kier molecular flexibility index (Phi) is 5.84. The van der Waals surface area contributed by atoms with Crippen LogP contribution in [0.5, 0.6) is 5.75 Å². The van der Waals surface area contributed by atoms with E-state index in [-0.39, 0.29) is 5.91 Å². The van der Waals surface area contributed by atoms with Crippen LogP contribution in [0.3, 0.4) is 0 Å². The molecule has 29 heavy (non-hydrogen) atoms. The van der Waals surface area contributed by atoms with Gasteiger partial charge in [0.1, 0.15) is 17.4 Å². The molecule has 1 amide bonds. The summed E-state index contributed by atoms with van der Waals surface area (Å²) < 4.78 is 5.74. The first-order valence-electron chi connectivity index (χ1n) is 8.85. The number of hydrogen-bond acceptors (Lipinski definition) is 5. The van der Waals surface area contributed by atoms with Crippen molar-refractivity contribution in [3.63, 3.8) is 0 Å². The number of amides is 1. The first-order chi connectivity index (χ1) is 14.2. The van der Waals surface area contributed by atoms with Crippen LogP contribution in [-0.4, -0.2) is 16.1 Å². The van der Waals surface area contributed by atoms with E-state index in [1.54, 1.807) is 24.3 Å². The van der Waals surface area contributed by atoms with Crippen LogP contribution in [-0.2, 0) is 6.61 Å². The Morgan fingerprint density at radius 3 is 2.41 bits per heavy atom. The fraction of sp³-hybridized carbons (Fsp3) is 0.0455.